The molecule has 0 atom stereocenters. The molecule has 0 aromatic heterocycles. The Balaban J connectivity index is 0.00000128. The molecule has 4 heteroatoms. The summed E-state index contributed by atoms with van der Waals surface area (Å²) in [7, 11) is 0. The molecule has 0 spiro atoms. The molecule has 1 aromatic carbocycles. The Bertz CT molecular complexity index is 372. The van der Waals surface area contributed by atoms with Gasteiger partial charge in [0.15, 0.2) is 0 Å². The summed E-state index contributed by atoms with van der Waals surface area (Å²) < 4.78 is 0. The van der Waals surface area contributed by atoms with Gasteiger partial charge in [-0.1, -0.05) is 17.7 Å². The van der Waals surface area contributed by atoms with Crippen molar-refractivity contribution in [3.63, 3.8) is 0 Å². The van der Waals surface area contributed by atoms with E-state index in [0.717, 1.165) is 24.5 Å². The van der Waals surface area contributed by atoms with Gasteiger partial charge in [0.25, 0.3) is 0 Å². The van der Waals surface area contributed by atoms with E-state index in [0.29, 0.717) is 0 Å². The lowest BCUT2D eigenvalue weighted by Crippen LogP contribution is -2.44. The first kappa shape index (κ1) is 13.6. The van der Waals surface area contributed by atoms with Crippen molar-refractivity contribution >= 4 is 29.7 Å². The molecule has 0 saturated carbocycles. The van der Waals surface area contributed by atoms with Crippen LogP contribution in [-0.4, -0.2) is 18.6 Å². The Labute approximate surface area is 108 Å². The van der Waals surface area contributed by atoms with Crippen molar-refractivity contribution in [2.75, 3.05) is 18.0 Å². The molecular weight excluding hydrogens is 243 g/mol. The molecule has 1 aliphatic heterocycles. The summed E-state index contributed by atoms with van der Waals surface area (Å²) in [6.07, 6.45) is 1.10. The predicted molar refractivity (Wildman–Crippen MR) is 72.9 cm³/mol. The molecule has 1 aliphatic rings. The Hall–Kier alpha value is -0.440. The summed E-state index contributed by atoms with van der Waals surface area (Å²) in [6.45, 7) is 6.03. The van der Waals surface area contributed by atoms with Crippen LogP contribution in [0.5, 0.6) is 0 Å². The van der Waals surface area contributed by atoms with E-state index in [4.69, 9.17) is 17.3 Å². The van der Waals surface area contributed by atoms with Crippen LogP contribution in [0, 0.1) is 0 Å². The fourth-order valence-corrected chi connectivity index (χ4v) is 2.24. The average molecular weight is 261 g/mol. The Morgan fingerprint density at radius 3 is 2.75 bits per heavy atom. The molecule has 0 bridgehead atoms. The first-order valence-corrected chi connectivity index (χ1v) is 5.66. The fraction of sp³-hybridized carbons (Fsp3) is 0.500. The molecule has 2 N–H and O–H groups in total. The van der Waals surface area contributed by atoms with Gasteiger partial charge in [-0.3, -0.25) is 0 Å². The maximum absolute atomic E-state index is 6.04. The van der Waals surface area contributed by atoms with Crippen molar-refractivity contribution < 1.29 is 0 Å². The number of rotatable bonds is 2. The van der Waals surface area contributed by atoms with Crippen LogP contribution >= 0.6 is 24.0 Å². The Kier molecular flexibility index (Phi) is 4.11. The number of halogens is 2. The standard InChI is InChI=1S/C12H17ClN2.ClH/c1-12(2,14)8-15-6-5-9-3-4-10(13)7-11(9)15;/h3-4,7H,5-6,8,14H2,1-2H3;1H. The first-order valence-electron chi connectivity index (χ1n) is 5.28. The van der Waals surface area contributed by atoms with E-state index in [9.17, 15) is 0 Å². The number of nitrogens with zero attached hydrogens (tertiary/aromatic N) is 1. The maximum atomic E-state index is 6.04. The van der Waals surface area contributed by atoms with Crippen LogP contribution in [0.25, 0.3) is 0 Å². The van der Waals surface area contributed by atoms with E-state index in [1.807, 2.05) is 12.1 Å². The summed E-state index contributed by atoms with van der Waals surface area (Å²) >= 11 is 6.00. The molecule has 0 aliphatic carbocycles. The number of benzene rings is 1. The van der Waals surface area contributed by atoms with E-state index < -0.39 is 0 Å². The highest BCUT2D eigenvalue weighted by molar-refractivity contribution is 6.30. The third-order valence-electron chi connectivity index (χ3n) is 2.64. The molecule has 0 unspecified atom stereocenters. The highest BCUT2D eigenvalue weighted by atomic mass is 35.5. The molecule has 0 saturated heterocycles. The zero-order valence-corrected chi connectivity index (χ0v) is 11.2. The van der Waals surface area contributed by atoms with Gasteiger partial charge in [-0.15, -0.1) is 12.4 Å². The minimum Gasteiger partial charge on any atom is -0.369 e. The van der Waals surface area contributed by atoms with E-state index >= 15 is 0 Å². The van der Waals surface area contributed by atoms with Gasteiger partial charge in [-0.05, 0) is 38.0 Å². The zero-order chi connectivity index (χ0) is 11.1. The fourth-order valence-electron chi connectivity index (χ4n) is 2.07. The lowest BCUT2D eigenvalue weighted by molar-refractivity contribution is 0.511. The third-order valence-corrected chi connectivity index (χ3v) is 2.87. The molecule has 90 valence electrons. The number of hydrogen-bond donors (Lipinski definition) is 1. The number of hydrogen-bond acceptors (Lipinski definition) is 2. The number of nitrogens with two attached hydrogens (primary N) is 1. The van der Waals surface area contributed by atoms with Crippen molar-refractivity contribution in [1.82, 2.24) is 0 Å². The Morgan fingerprint density at radius 1 is 1.44 bits per heavy atom. The third kappa shape index (κ3) is 3.03. The summed E-state index contributed by atoms with van der Waals surface area (Å²) in [5.74, 6) is 0. The quantitative estimate of drug-likeness (QED) is 0.887. The largest absolute Gasteiger partial charge is 0.369 e. The average Bonchev–Trinajstić information content (AvgIpc) is 2.46. The summed E-state index contributed by atoms with van der Waals surface area (Å²) in [4.78, 5) is 2.32. The zero-order valence-electron chi connectivity index (χ0n) is 9.66. The number of fused-ring (bicyclic) bond motifs is 1. The molecular formula is C12H18Cl2N2. The summed E-state index contributed by atoms with van der Waals surface area (Å²) in [6, 6.07) is 6.11. The lowest BCUT2D eigenvalue weighted by Gasteiger charge is -2.28. The SMILES string of the molecule is CC(C)(N)CN1CCc2ccc(Cl)cc21.Cl. The minimum absolute atomic E-state index is 0. The van der Waals surface area contributed by atoms with Gasteiger partial charge < -0.3 is 10.6 Å². The molecule has 1 aromatic rings. The minimum atomic E-state index is -0.163. The van der Waals surface area contributed by atoms with Crippen molar-refractivity contribution in [2.24, 2.45) is 5.73 Å². The van der Waals surface area contributed by atoms with Crippen LogP contribution in [0.3, 0.4) is 0 Å². The smallest absolute Gasteiger partial charge is 0.0426 e. The Morgan fingerprint density at radius 2 is 2.12 bits per heavy atom. The van der Waals surface area contributed by atoms with Crippen LogP contribution in [0.2, 0.25) is 5.02 Å². The molecule has 0 fully saturated rings. The normalized spacial score (nSPS) is 14.6. The predicted octanol–water partition coefficient (Wildman–Crippen LogP) is 2.86. The first-order chi connectivity index (χ1) is 6.96. The lowest BCUT2D eigenvalue weighted by atomic mass is 10.1. The van der Waals surface area contributed by atoms with E-state index in [2.05, 4.69) is 24.8 Å². The van der Waals surface area contributed by atoms with Crippen LogP contribution in [0.1, 0.15) is 19.4 Å². The van der Waals surface area contributed by atoms with Crippen molar-refractivity contribution in [1.29, 1.82) is 0 Å². The van der Waals surface area contributed by atoms with Crippen molar-refractivity contribution in [3.05, 3.63) is 28.8 Å². The van der Waals surface area contributed by atoms with Gasteiger partial charge in [0.2, 0.25) is 0 Å². The second-order valence-corrected chi connectivity index (χ2v) is 5.37. The molecule has 0 radical (unpaired) electrons. The highest BCUT2D eigenvalue weighted by Crippen LogP contribution is 2.31. The number of anilines is 1. The second kappa shape index (κ2) is 4.82. The molecule has 16 heavy (non-hydrogen) atoms. The molecule has 2 rings (SSSR count). The monoisotopic (exact) mass is 260 g/mol. The van der Waals surface area contributed by atoms with E-state index in [-0.39, 0.29) is 17.9 Å². The molecule has 0 amide bonds. The highest BCUT2D eigenvalue weighted by Gasteiger charge is 2.23. The topological polar surface area (TPSA) is 29.3 Å². The van der Waals surface area contributed by atoms with Gasteiger partial charge >= 0.3 is 0 Å². The van der Waals surface area contributed by atoms with Crippen LogP contribution in [0.4, 0.5) is 5.69 Å². The van der Waals surface area contributed by atoms with Crippen LogP contribution < -0.4 is 10.6 Å². The van der Waals surface area contributed by atoms with Crippen LogP contribution in [-0.2, 0) is 6.42 Å². The summed E-state index contributed by atoms with van der Waals surface area (Å²) in [5, 5.41) is 0.801. The van der Waals surface area contributed by atoms with Crippen molar-refractivity contribution in [2.45, 2.75) is 25.8 Å². The van der Waals surface area contributed by atoms with Crippen LogP contribution in [0.15, 0.2) is 18.2 Å². The molecule has 2 nitrogen and oxygen atoms in total. The van der Waals surface area contributed by atoms with Gasteiger partial charge in [-0.2, -0.15) is 0 Å². The second-order valence-electron chi connectivity index (χ2n) is 4.93. The maximum Gasteiger partial charge on any atom is 0.0426 e. The summed E-state index contributed by atoms with van der Waals surface area (Å²) in [5.41, 5.74) is 8.50. The van der Waals surface area contributed by atoms with Gasteiger partial charge in [0.05, 0.1) is 0 Å². The molecule has 1 heterocycles. The van der Waals surface area contributed by atoms with Gasteiger partial charge in [0.1, 0.15) is 0 Å². The van der Waals surface area contributed by atoms with Gasteiger partial charge in [-0.25, -0.2) is 0 Å². The van der Waals surface area contributed by atoms with Crippen molar-refractivity contribution in [3.8, 4) is 0 Å². The van der Waals surface area contributed by atoms with Gasteiger partial charge in [0, 0.05) is 29.3 Å². The van der Waals surface area contributed by atoms with E-state index in [1.165, 1.54) is 11.3 Å². The van der Waals surface area contributed by atoms with E-state index in [1.54, 1.807) is 0 Å².